The number of hydrogen-bond acceptors (Lipinski definition) is 13. The zero-order valence-electron chi connectivity index (χ0n) is 28.1. The molecule has 4 aliphatic rings. The molecule has 3 heterocycles. The molecule has 268 valence electrons. The van der Waals surface area contributed by atoms with Crippen LogP contribution in [0.2, 0.25) is 0 Å². The quantitative estimate of drug-likeness (QED) is 0.198. The highest BCUT2D eigenvalue weighted by Gasteiger charge is 2.45. The van der Waals surface area contributed by atoms with Gasteiger partial charge in [-0.25, -0.2) is 0 Å². The molecule has 1 aliphatic carbocycles. The third-order valence-electron chi connectivity index (χ3n) is 10.1. The third-order valence-corrected chi connectivity index (χ3v) is 10.1. The maximum absolute atomic E-state index is 13.9. The van der Waals surface area contributed by atoms with Crippen molar-refractivity contribution in [2.45, 2.75) is 121 Å². The fraction of sp³-hybridized carbons (Fsp3) is 0.514. The van der Waals surface area contributed by atoms with E-state index in [1.165, 1.54) is 24.3 Å². The summed E-state index contributed by atoms with van der Waals surface area (Å²) in [6.45, 7) is 6.95. The van der Waals surface area contributed by atoms with Crippen LogP contribution in [0.25, 0.3) is 10.8 Å². The van der Waals surface area contributed by atoms with Crippen molar-refractivity contribution in [1.29, 1.82) is 0 Å². The lowest BCUT2D eigenvalue weighted by molar-refractivity contribution is -0.323. The lowest BCUT2D eigenvalue weighted by atomic mass is 9.80. The van der Waals surface area contributed by atoms with E-state index in [0.29, 0.717) is 18.2 Å². The number of aromatic hydroxyl groups is 2. The first-order chi connectivity index (χ1) is 23.8. The highest BCUT2D eigenvalue weighted by atomic mass is 16.7. The minimum absolute atomic E-state index is 0.00179. The van der Waals surface area contributed by atoms with Crippen LogP contribution in [-0.2, 0) is 23.7 Å². The summed E-state index contributed by atoms with van der Waals surface area (Å²) in [5.74, 6) is -1.78. The van der Waals surface area contributed by atoms with Gasteiger partial charge in [0.15, 0.2) is 24.1 Å². The number of rotatable bonds is 6. The van der Waals surface area contributed by atoms with Gasteiger partial charge in [-0.2, -0.15) is 0 Å². The zero-order valence-corrected chi connectivity index (χ0v) is 28.1. The van der Waals surface area contributed by atoms with Crippen molar-refractivity contribution in [3.8, 4) is 17.2 Å². The van der Waals surface area contributed by atoms with E-state index in [4.69, 9.17) is 28.4 Å². The van der Waals surface area contributed by atoms with Gasteiger partial charge in [0.2, 0.25) is 6.29 Å². The van der Waals surface area contributed by atoms with E-state index in [9.17, 15) is 35.1 Å². The first-order valence-electron chi connectivity index (χ1n) is 17.0. The second-order valence-corrected chi connectivity index (χ2v) is 13.7. The number of benzene rings is 3. The molecular formula is C37H42O13. The summed E-state index contributed by atoms with van der Waals surface area (Å²) in [6, 6.07) is 9.11. The molecule has 11 atom stereocenters. The fourth-order valence-electron chi connectivity index (χ4n) is 7.48. The van der Waals surface area contributed by atoms with Crippen molar-refractivity contribution >= 4 is 22.3 Å². The Morgan fingerprint density at radius 1 is 0.700 bits per heavy atom. The average molecular weight is 695 g/mol. The van der Waals surface area contributed by atoms with Crippen LogP contribution in [-0.4, -0.2) is 105 Å². The number of ketones is 2. The van der Waals surface area contributed by atoms with E-state index in [1.54, 1.807) is 39.8 Å². The predicted molar refractivity (Wildman–Crippen MR) is 175 cm³/mol. The van der Waals surface area contributed by atoms with Crippen LogP contribution >= 0.6 is 0 Å². The molecule has 0 radical (unpaired) electrons. The van der Waals surface area contributed by atoms with E-state index in [-0.39, 0.29) is 52.0 Å². The topological polar surface area (TPSA) is 191 Å². The van der Waals surface area contributed by atoms with Crippen molar-refractivity contribution in [2.75, 3.05) is 0 Å². The summed E-state index contributed by atoms with van der Waals surface area (Å²) in [5, 5.41) is 54.3. The van der Waals surface area contributed by atoms with Gasteiger partial charge >= 0.3 is 0 Å². The van der Waals surface area contributed by atoms with Crippen molar-refractivity contribution < 1.29 is 63.5 Å². The van der Waals surface area contributed by atoms with Crippen molar-refractivity contribution in [2.24, 2.45) is 0 Å². The Kier molecular flexibility index (Phi) is 9.37. The average Bonchev–Trinajstić information content (AvgIpc) is 3.05. The molecule has 0 amide bonds. The van der Waals surface area contributed by atoms with Crippen LogP contribution in [0.1, 0.15) is 83.9 Å². The number of hydrogen-bond donors (Lipinski definition) is 5. The smallest absolute Gasteiger partial charge is 0.202 e. The highest BCUT2D eigenvalue weighted by Crippen LogP contribution is 2.43. The number of fused-ring (bicyclic) bond motifs is 4. The number of carbonyl (C=O) groups is 2. The lowest BCUT2D eigenvalue weighted by Crippen LogP contribution is -2.55. The molecule has 0 saturated carbocycles. The molecule has 7 rings (SSSR count). The second kappa shape index (κ2) is 13.5. The monoisotopic (exact) mass is 694 g/mol. The molecule has 3 aromatic rings. The number of aliphatic hydroxyl groups is 3. The number of carbonyl (C=O) groups excluding carboxylic acids is 2. The summed E-state index contributed by atoms with van der Waals surface area (Å²) in [5.41, 5.74) is 0.455. The maximum Gasteiger partial charge on any atom is 0.202 e. The fourth-order valence-corrected chi connectivity index (χ4v) is 7.48. The molecule has 0 bridgehead atoms. The third kappa shape index (κ3) is 6.26. The summed E-state index contributed by atoms with van der Waals surface area (Å²) in [7, 11) is 0. The zero-order chi connectivity index (χ0) is 35.6. The Bertz CT molecular complexity index is 1800. The van der Waals surface area contributed by atoms with Crippen LogP contribution in [0.15, 0.2) is 36.4 Å². The minimum Gasteiger partial charge on any atom is -0.507 e. The Morgan fingerprint density at radius 3 is 2.18 bits per heavy atom. The molecule has 3 saturated heterocycles. The van der Waals surface area contributed by atoms with E-state index in [0.717, 1.165) is 5.56 Å². The largest absolute Gasteiger partial charge is 0.507 e. The van der Waals surface area contributed by atoms with Gasteiger partial charge in [0.05, 0.1) is 47.8 Å². The maximum atomic E-state index is 13.9. The van der Waals surface area contributed by atoms with Gasteiger partial charge in [-0.3, -0.25) is 9.59 Å². The number of phenols is 2. The Labute approximate surface area is 288 Å². The van der Waals surface area contributed by atoms with Gasteiger partial charge in [-0.1, -0.05) is 12.1 Å². The number of phenolic OH excluding ortho intramolecular Hbond substituents is 2. The Balaban J connectivity index is 1.06. The summed E-state index contributed by atoms with van der Waals surface area (Å²) >= 11 is 0. The van der Waals surface area contributed by atoms with E-state index in [1.807, 2.05) is 0 Å². The van der Waals surface area contributed by atoms with Gasteiger partial charge in [0, 0.05) is 35.8 Å². The summed E-state index contributed by atoms with van der Waals surface area (Å²) < 4.78 is 36.1. The standard InChI is InChI=1S/C37H42O13/c1-15-11-19-5-6-20-31(30(19)23(40)12-15)36(44)32-22(39)7-9-25(33(32)35(20)43)48-28-13-24(41)37(18(4)47-28)50-29-14-26(34(42)17(3)46-29)49-27-10-8-21(38)16(2)45-27/h5-7,9,11-12,16-18,21,24,26-29,34,37-42H,8,10,13-14H2,1-4H3/t16-,17+,18+,21-,24+,26+,27-,28-,29-,34+,37+/m0/s1. The second-order valence-electron chi connectivity index (χ2n) is 13.7. The molecule has 50 heavy (non-hydrogen) atoms. The van der Waals surface area contributed by atoms with Crippen LogP contribution < -0.4 is 4.74 Å². The summed E-state index contributed by atoms with van der Waals surface area (Å²) in [6.07, 6.45) is -7.34. The van der Waals surface area contributed by atoms with Crippen molar-refractivity contribution in [3.63, 3.8) is 0 Å². The molecule has 0 aromatic heterocycles. The molecule has 0 unspecified atom stereocenters. The van der Waals surface area contributed by atoms with Gasteiger partial charge in [-0.05, 0) is 69.3 Å². The lowest BCUT2D eigenvalue weighted by Gasteiger charge is -2.44. The van der Waals surface area contributed by atoms with Crippen molar-refractivity contribution in [1.82, 2.24) is 0 Å². The Morgan fingerprint density at radius 2 is 1.44 bits per heavy atom. The van der Waals surface area contributed by atoms with Gasteiger partial charge in [-0.15, -0.1) is 0 Å². The minimum atomic E-state index is -1.10. The molecular weight excluding hydrogens is 652 g/mol. The van der Waals surface area contributed by atoms with E-state index in [2.05, 4.69) is 0 Å². The van der Waals surface area contributed by atoms with Gasteiger partial charge < -0.3 is 54.0 Å². The van der Waals surface area contributed by atoms with Crippen LogP contribution in [0, 0.1) is 6.92 Å². The molecule has 13 heteroatoms. The van der Waals surface area contributed by atoms with Gasteiger partial charge in [0.1, 0.15) is 29.5 Å². The molecule has 3 aliphatic heterocycles. The van der Waals surface area contributed by atoms with Crippen LogP contribution in [0.3, 0.4) is 0 Å². The number of aliphatic hydroxyl groups excluding tert-OH is 3. The summed E-state index contributed by atoms with van der Waals surface area (Å²) in [4.78, 5) is 27.8. The SMILES string of the molecule is Cc1cc(O)c2c3c(ccc2c1)C(=O)c1c(O[C@H]2C[C@@H](O)[C@H](O[C@H]4C[C@@H](O[C@H]5CC[C@H](O)[C@H](C)O5)[C@H](O)[C@@H](C)O4)[C@@H](C)O2)ccc(O)c1C3=O. The molecule has 0 spiro atoms. The van der Waals surface area contributed by atoms with E-state index >= 15 is 0 Å². The van der Waals surface area contributed by atoms with Gasteiger partial charge in [0.25, 0.3) is 0 Å². The Hall–Kier alpha value is -3.66. The predicted octanol–water partition coefficient (Wildman–Crippen LogP) is 3.36. The molecule has 5 N–H and O–H groups in total. The molecule has 13 nitrogen and oxygen atoms in total. The number of aryl methyl sites for hydroxylation is 1. The first kappa shape index (κ1) is 34.8. The normalized spacial score (nSPS) is 34.3. The molecule has 3 aromatic carbocycles. The molecule has 3 fully saturated rings. The van der Waals surface area contributed by atoms with Crippen LogP contribution in [0.4, 0.5) is 0 Å². The van der Waals surface area contributed by atoms with Crippen LogP contribution in [0.5, 0.6) is 17.2 Å². The first-order valence-corrected chi connectivity index (χ1v) is 17.0. The van der Waals surface area contributed by atoms with E-state index < -0.39 is 85.0 Å². The van der Waals surface area contributed by atoms with Crippen molar-refractivity contribution in [3.05, 3.63) is 64.2 Å². The number of ether oxygens (including phenoxy) is 6. The highest BCUT2D eigenvalue weighted by molar-refractivity contribution is 6.34.